The number of aliphatic hydroxyl groups excluding tert-OH is 1. The van der Waals surface area contributed by atoms with Crippen LogP contribution in [0.1, 0.15) is 23.6 Å². The molecule has 19 heavy (non-hydrogen) atoms. The first-order valence-corrected chi connectivity index (χ1v) is 6.12. The first-order chi connectivity index (χ1) is 8.91. The Hall–Kier alpha value is -1.33. The SMILES string of the molecule is C=CCN1CC(O)CC1c1cccc(C(F)(F)F)c1. The molecule has 0 amide bonds. The van der Waals surface area contributed by atoms with Crippen LogP contribution in [0.3, 0.4) is 0 Å². The quantitative estimate of drug-likeness (QED) is 0.854. The molecule has 1 aromatic rings. The molecule has 2 unspecified atom stereocenters. The summed E-state index contributed by atoms with van der Waals surface area (Å²) in [5, 5.41) is 9.69. The van der Waals surface area contributed by atoms with Crippen molar-refractivity contribution >= 4 is 0 Å². The Labute approximate surface area is 110 Å². The predicted molar refractivity (Wildman–Crippen MR) is 66.6 cm³/mol. The van der Waals surface area contributed by atoms with Crippen LogP contribution in [0.5, 0.6) is 0 Å². The smallest absolute Gasteiger partial charge is 0.392 e. The highest BCUT2D eigenvalue weighted by atomic mass is 19.4. The van der Waals surface area contributed by atoms with E-state index in [0.29, 0.717) is 25.1 Å². The molecule has 104 valence electrons. The normalized spacial score (nSPS) is 24.6. The maximum absolute atomic E-state index is 12.7. The molecule has 0 spiro atoms. The van der Waals surface area contributed by atoms with Crippen LogP contribution >= 0.6 is 0 Å². The molecule has 2 nitrogen and oxygen atoms in total. The van der Waals surface area contributed by atoms with E-state index in [1.807, 2.05) is 4.90 Å². The Morgan fingerprint density at radius 1 is 1.42 bits per heavy atom. The number of benzene rings is 1. The van der Waals surface area contributed by atoms with Gasteiger partial charge >= 0.3 is 6.18 Å². The summed E-state index contributed by atoms with van der Waals surface area (Å²) >= 11 is 0. The molecule has 1 N–H and O–H groups in total. The molecular weight excluding hydrogens is 255 g/mol. The number of likely N-dealkylation sites (tertiary alicyclic amines) is 1. The van der Waals surface area contributed by atoms with Gasteiger partial charge in [0.2, 0.25) is 0 Å². The van der Waals surface area contributed by atoms with E-state index in [1.165, 1.54) is 12.1 Å². The van der Waals surface area contributed by atoms with E-state index in [4.69, 9.17) is 0 Å². The maximum atomic E-state index is 12.7. The van der Waals surface area contributed by atoms with Crippen LogP contribution in [0.25, 0.3) is 0 Å². The highest BCUT2D eigenvalue weighted by Gasteiger charge is 2.34. The number of aliphatic hydroxyl groups is 1. The molecule has 0 saturated carbocycles. The molecule has 2 rings (SSSR count). The van der Waals surface area contributed by atoms with Gasteiger partial charge < -0.3 is 5.11 Å². The van der Waals surface area contributed by atoms with E-state index in [0.717, 1.165) is 6.07 Å². The molecule has 1 saturated heterocycles. The lowest BCUT2D eigenvalue weighted by atomic mass is 10.0. The van der Waals surface area contributed by atoms with Crippen LogP contribution in [-0.4, -0.2) is 29.2 Å². The molecular formula is C14H16F3NO. The number of hydrogen-bond donors (Lipinski definition) is 1. The molecule has 0 aromatic heterocycles. The topological polar surface area (TPSA) is 23.5 Å². The second kappa shape index (κ2) is 5.35. The van der Waals surface area contributed by atoms with Gasteiger partial charge in [-0.1, -0.05) is 18.2 Å². The van der Waals surface area contributed by atoms with Crippen LogP contribution in [0.4, 0.5) is 13.2 Å². The van der Waals surface area contributed by atoms with Gasteiger partial charge in [0.1, 0.15) is 0 Å². The van der Waals surface area contributed by atoms with Gasteiger partial charge in [0, 0.05) is 19.1 Å². The Morgan fingerprint density at radius 2 is 2.16 bits per heavy atom. The summed E-state index contributed by atoms with van der Waals surface area (Å²) in [6, 6.07) is 5.13. The Balaban J connectivity index is 2.28. The second-order valence-electron chi connectivity index (χ2n) is 4.77. The number of hydrogen-bond acceptors (Lipinski definition) is 2. The molecule has 1 aromatic carbocycles. The van der Waals surface area contributed by atoms with E-state index >= 15 is 0 Å². The average Bonchev–Trinajstić information content (AvgIpc) is 2.70. The summed E-state index contributed by atoms with van der Waals surface area (Å²) < 4.78 is 38.1. The van der Waals surface area contributed by atoms with Crippen molar-refractivity contribution in [1.29, 1.82) is 0 Å². The fourth-order valence-corrected chi connectivity index (χ4v) is 2.52. The zero-order valence-corrected chi connectivity index (χ0v) is 10.4. The third kappa shape index (κ3) is 3.16. The van der Waals surface area contributed by atoms with Crippen molar-refractivity contribution in [3.8, 4) is 0 Å². The third-order valence-electron chi connectivity index (χ3n) is 3.34. The van der Waals surface area contributed by atoms with Crippen LogP contribution in [0.2, 0.25) is 0 Å². The molecule has 2 atom stereocenters. The highest BCUT2D eigenvalue weighted by molar-refractivity contribution is 5.29. The fraction of sp³-hybridized carbons (Fsp3) is 0.429. The first-order valence-electron chi connectivity index (χ1n) is 6.12. The van der Waals surface area contributed by atoms with E-state index in [2.05, 4.69) is 6.58 Å². The van der Waals surface area contributed by atoms with Crippen molar-refractivity contribution in [1.82, 2.24) is 4.90 Å². The average molecular weight is 271 g/mol. The lowest BCUT2D eigenvalue weighted by molar-refractivity contribution is -0.137. The van der Waals surface area contributed by atoms with Gasteiger partial charge in [-0.05, 0) is 24.1 Å². The number of rotatable bonds is 3. The number of alkyl halides is 3. The van der Waals surface area contributed by atoms with Gasteiger partial charge in [-0.25, -0.2) is 0 Å². The monoisotopic (exact) mass is 271 g/mol. The van der Waals surface area contributed by atoms with Crippen molar-refractivity contribution in [2.24, 2.45) is 0 Å². The summed E-state index contributed by atoms with van der Waals surface area (Å²) in [5.41, 5.74) is -0.0573. The van der Waals surface area contributed by atoms with Crippen LogP contribution < -0.4 is 0 Å². The van der Waals surface area contributed by atoms with Gasteiger partial charge in [0.25, 0.3) is 0 Å². The van der Waals surface area contributed by atoms with Crippen molar-refractivity contribution < 1.29 is 18.3 Å². The summed E-state index contributed by atoms with van der Waals surface area (Å²) in [5.74, 6) is 0. The predicted octanol–water partition coefficient (Wildman–Crippen LogP) is 3.00. The minimum atomic E-state index is -4.34. The molecule has 1 fully saturated rings. The summed E-state index contributed by atoms with van der Waals surface area (Å²) in [4.78, 5) is 1.94. The molecule has 0 bridgehead atoms. The third-order valence-corrected chi connectivity index (χ3v) is 3.34. The molecule has 5 heteroatoms. The minimum absolute atomic E-state index is 0.185. The number of nitrogens with zero attached hydrogens (tertiary/aromatic N) is 1. The summed E-state index contributed by atoms with van der Waals surface area (Å²) in [7, 11) is 0. The van der Waals surface area contributed by atoms with Crippen LogP contribution in [-0.2, 0) is 6.18 Å². The molecule has 1 heterocycles. The first kappa shape index (κ1) is 14.1. The Bertz CT molecular complexity index is 458. The van der Waals surface area contributed by atoms with E-state index in [9.17, 15) is 18.3 Å². The molecule has 0 radical (unpaired) electrons. The molecule has 1 aliphatic heterocycles. The minimum Gasteiger partial charge on any atom is -0.392 e. The lowest BCUT2D eigenvalue weighted by Gasteiger charge is -2.23. The Morgan fingerprint density at radius 3 is 2.79 bits per heavy atom. The van der Waals surface area contributed by atoms with Crippen molar-refractivity contribution in [3.63, 3.8) is 0 Å². The van der Waals surface area contributed by atoms with Gasteiger partial charge in [-0.15, -0.1) is 6.58 Å². The van der Waals surface area contributed by atoms with Crippen molar-refractivity contribution in [2.75, 3.05) is 13.1 Å². The maximum Gasteiger partial charge on any atom is 0.416 e. The van der Waals surface area contributed by atoms with Gasteiger partial charge in [-0.2, -0.15) is 13.2 Å². The van der Waals surface area contributed by atoms with E-state index in [-0.39, 0.29) is 6.04 Å². The lowest BCUT2D eigenvalue weighted by Crippen LogP contribution is -2.25. The molecule has 0 aliphatic carbocycles. The number of β-amino-alcohol motifs (C(OH)–C–C–N with tert-alkyl or cyclic N) is 1. The van der Waals surface area contributed by atoms with Crippen LogP contribution in [0.15, 0.2) is 36.9 Å². The zero-order chi connectivity index (χ0) is 14.0. The van der Waals surface area contributed by atoms with Gasteiger partial charge in [0.15, 0.2) is 0 Å². The van der Waals surface area contributed by atoms with Crippen molar-refractivity contribution in [3.05, 3.63) is 48.0 Å². The largest absolute Gasteiger partial charge is 0.416 e. The van der Waals surface area contributed by atoms with Crippen molar-refractivity contribution in [2.45, 2.75) is 24.7 Å². The zero-order valence-electron chi connectivity index (χ0n) is 10.4. The fourth-order valence-electron chi connectivity index (χ4n) is 2.52. The summed E-state index contributed by atoms with van der Waals surface area (Å²) in [6.07, 6.45) is -2.69. The van der Waals surface area contributed by atoms with Crippen LogP contribution in [0, 0.1) is 0 Å². The van der Waals surface area contributed by atoms with Gasteiger partial charge in [0.05, 0.1) is 11.7 Å². The Kier molecular flexibility index (Phi) is 3.96. The second-order valence-corrected chi connectivity index (χ2v) is 4.77. The summed E-state index contributed by atoms with van der Waals surface area (Å²) in [6.45, 7) is 4.65. The van der Waals surface area contributed by atoms with E-state index < -0.39 is 17.8 Å². The standard InChI is InChI=1S/C14H16F3NO/c1-2-6-18-9-12(19)8-13(18)10-4-3-5-11(7-10)14(15,16)17/h2-5,7,12-13,19H,1,6,8-9H2. The molecule has 1 aliphatic rings. The highest BCUT2D eigenvalue weighted by Crippen LogP contribution is 2.35. The van der Waals surface area contributed by atoms with Gasteiger partial charge in [-0.3, -0.25) is 4.90 Å². The van der Waals surface area contributed by atoms with E-state index in [1.54, 1.807) is 12.1 Å². The number of halogens is 3.